The van der Waals surface area contributed by atoms with Crippen LogP contribution < -0.4 is 10.6 Å². The fourth-order valence-electron chi connectivity index (χ4n) is 5.02. The highest BCUT2D eigenvalue weighted by Crippen LogP contribution is 2.61. The average molecular weight is 874 g/mol. The third-order valence-electron chi connectivity index (χ3n) is 7.97. The molecule has 0 rings (SSSR count). The molecule has 3 unspecified atom stereocenters. The molecule has 0 bridgehead atoms. The lowest BCUT2D eigenvalue weighted by Gasteiger charge is -2.43. The van der Waals surface area contributed by atoms with Crippen LogP contribution in [0.2, 0.25) is 0 Å². The molecule has 0 radical (unpaired) electrons. The van der Waals surface area contributed by atoms with E-state index in [0.29, 0.717) is 20.8 Å². The van der Waals surface area contributed by atoms with Crippen LogP contribution in [0.15, 0.2) is 0 Å². The summed E-state index contributed by atoms with van der Waals surface area (Å²) in [4.78, 5) is 22.3. The Bertz CT molecular complexity index is 1340. The Labute approximate surface area is 290 Å². The molecule has 55 heavy (non-hydrogen) atoms. The second kappa shape index (κ2) is 15.7. The van der Waals surface area contributed by atoms with Crippen LogP contribution in [0.1, 0.15) is 46.5 Å². The number of alkyl halides is 24. The molecule has 0 saturated carbocycles. The highest BCUT2D eigenvalue weighted by molar-refractivity contribution is 5.65. The minimum absolute atomic E-state index is 0.476. The zero-order valence-corrected chi connectivity index (χ0v) is 27.0. The summed E-state index contributed by atoms with van der Waals surface area (Å²) in [6, 6.07) is -6.00. The van der Waals surface area contributed by atoms with E-state index >= 15 is 0 Å². The lowest BCUT2D eigenvalue weighted by Crippen LogP contribution is -2.69. The minimum atomic E-state index is -8.06. The van der Waals surface area contributed by atoms with Gasteiger partial charge in [0.25, 0.3) is 0 Å². The number of amides is 2. The Morgan fingerprint density at radius 2 is 0.800 bits per heavy atom. The zero-order valence-electron chi connectivity index (χ0n) is 27.0. The molecule has 0 aliphatic heterocycles. The topological polar surface area (TPSA) is 98.7 Å². The van der Waals surface area contributed by atoms with Crippen molar-refractivity contribution in [1.29, 1.82) is 0 Å². The lowest BCUT2D eigenvalue weighted by molar-refractivity contribution is -0.413. The number of carbonyl (C=O) groups is 2. The van der Waals surface area contributed by atoms with Gasteiger partial charge in [-0.1, -0.05) is 20.8 Å². The summed E-state index contributed by atoms with van der Waals surface area (Å²) in [7, 11) is 0. The van der Waals surface area contributed by atoms with E-state index in [2.05, 4.69) is 0 Å². The van der Waals surface area contributed by atoms with E-state index in [-0.39, 0.29) is 0 Å². The van der Waals surface area contributed by atoms with E-state index < -0.39 is 133 Å². The first kappa shape index (κ1) is 51.9. The number of carboxylic acid groups (broad SMARTS) is 2. The van der Waals surface area contributed by atoms with E-state index in [1.165, 1.54) is 0 Å². The van der Waals surface area contributed by atoms with Crippen LogP contribution in [0.25, 0.3) is 0 Å². The highest BCUT2D eigenvalue weighted by Gasteiger charge is 2.89. The van der Waals surface area contributed by atoms with Gasteiger partial charge in [0.05, 0.1) is 0 Å². The smallest absolute Gasteiger partial charge is 0.404 e. The molecule has 0 aliphatic carbocycles. The molecule has 0 aromatic carbocycles. The largest absolute Gasteiger partial charge is 0.465 e. The summed E-state index contributed by atoms with van der Waals surface area (Å²) in [6.07, 6.45) is -25.9. The molecule has 0 spiro atoms. The van der Waals surface area contributed by atoms with Gasteiger partial charge < -0.3 is 20.8 Å². The van der Waals surface area contributed by atoms with Crippen molar-refractivity contribution in [3.8, 4) is 0 Å². The fourth-order valence-corrected chi connectivity index (χ4v) is 5.02. The van der Waals surface area contributed by atoms with Crippen LogP contribution >= 0.6 is 0 Å². The summed E-state index contributed by atoms with van der Waals surface area (Å²) < 4.78 is 327. The number of rotatable bonds is 21. The third kappa shape index (κ3) is 9.37. The SMILES string of the molecule is CC(CC(CC(F)(F)C(F)(F)C(F)(F)C(F)(F)C(F)(F)C(F)F)NC(=O)O)CC(C)(C)C(CC(F)(F)C(F)(F)C(F)(F)C(F)(F)C(F)(F)C(F)F)NC(=O)O. The normalized spacial score (nSPS) is 17.0. The molecule has 0 aromatic heterocycles. The van der Waals surface area contributed by atoms with Gasteiger partial charge in [-0.25, -0.2) is 27.2 Å². The predicted octanol–water partition coefficient (Wildman–Crippen LogP) is 10.4. The summed E-state index contributed by atoms with van der Waals surface area (Å²) in [5, 5.41) is 19.7. The molecular weight excluding hydrogens is 848 g/mol. The van der Waals surface area contributed by atoms with Gasteiger partial charge >= 0.3 is 84.3 Å². The number of hydrogen-bond donors (Lipinski definition) is 4. The predicted molar refractivity (Wildman–Crippen MR) is 133 cm³/mol. The zero-order chi connectivity index (χ0) is 44.8. The second-order valence-electron chi connectivity index (χ2n) is 12.8. The Balaban J connectivity index is 6.74. The molecule has 0 aliphatic rings. The highest BCUT2D eigenvalue weighted by atomic mass is 19.4. The average Bonchev–Trinajstić information content (AvgIpc) is 2.94. The molecule has 0 aromatic rings. The molecule has 0 saturated heterocycles. The Morgan fingerprint density at radius 1 is 0.491 bits per heavy atom. The van der Waals surface area contributed by atoms with Crippen LogP contribution in [0.3, 0.4) is 0 Å². The third-order valence-corrected chi connectivity index (χ3v) is 7.97. The van der Waals surface area contributed by atoms with Crippen molar-refractivity contribution < 1.29 is 125 Å². The van der Waals surface area contributed by atoms with Crippen molar-refractivity contribution in [3.05, 3.63) is 0 Å². The maximum atomic E-state index is 14.7. The van der Waals surface area contributed by atoms with Gasteiger partial charge in [-0.3, -0.25) is 0 Å². The van der Waals surface area contributed by atoms with E-state index in [4.69, 9.17) is 10.2 Å². The first-order valence-corrected chi connectivity index (χ1v) is 14.1. The van der Waals surface area contributed by atoms with Crippen LogP contribution in [-0.4, -0.2) is 107 Å². The van der Waals surface area contributed by atoms with Gasteiger partial charge in [0.2, 0.25) is 0 Å². The summed E-state index contributed by atoms with van der Waals surface area (Å²) in [5.41, 5.74) is -2.61. The van der Waals surface area contributed by atoms with E-state index in [1.807, 2.05) is 0 Å². The van der Waals surface area contributed by atoms with E-state index in [9.17, 15) is 115 Å². The van der Waals surface area contributed by atoms with Gasteiger partial charge in [0.1, 0.15) is 0 Å². The molecule has 328 valence electrons. The summed E-state index contributed by atoms with van der Waals surface area (Å²) in [5.74, 6) is -77.7. The Hall–Kier alpha value is -3.14. The Morgan fingerprint density at radius 3 is 1.09 bits per heavy atom. The first-order chi connectivity index (χ1) is 23.8. The number of halogens is 24. The quantitative estimate of drug-likeness (QED) is 0.0864. The van der Waals surface area contributed by atoms with Gasteiger partial charge in [-0.2, -0.15) is 87.8 Å². The van der Waals surface area contributed by atoms with Crippen LogP contribution in [0, 0.1) is 11.3 Å². The van der Waals surface area contributed by atoms with Crippen molar-refractivity contribution in [1.82, 2.24) is 10.6 Å². The summed E-state index contributed by atoms with van der Waals surface area (Å²) in [6.45, 7) is 1.57. The van der Waals surface area contributed by atoms with Gasteiger partial charge in [-0.05, 0) is 24.2 Å². The number of nitrogens with one attached hydrogen (secondary N) is 2. The van der Waals surface area contributed by atoms with Crippen molar-refractivity contribution in [2.75, 3.05) is 0 Å². The molecule has 6 nitrogen and oxygen atoms in total. The minimum Gasteiger partial charge on any atom is -0.465 e. The first-order valence-electron chi connectivity index (χ1n) is 14.1. The van der Waals surface area contributed by atoms with Gasteiger partial charge in [-0.15, -0.1) is 0 Å². The second-order valence-corrected chi connectivity index (χ2v) is 12.8. The van der Waals surface area contributed by atoms with Crippen LogP contribution in [-0.2, 0) is 0 Å². The standard InChI is InChI=1S/C25H26F24N2O4/c1-8(4-9(50-13(52)53)6-16(30,31)20(38,39)24(46,47)22(42,43)18(34,35)11(26)27)5-15(2,3)10(51-14(54)55)7-17(32,33)21(40,41)25(48,49)23(44,45)19(36,37)12(28)29/h8-12,50-51H,4-7H2,1-3H3,(H,52,53)(H,54,55). The molecule has 30 heteroatoms. The maximum Gasteiger partial charge on any atom is 0.404 e. The molecule has 3 atom stereocenters. The van der Waals surface area contributed by atoms with E-state index in [0.717, 1.165) is 10.6 Å². The van der Waals surface area contributed by atoms with Crippen LogP contribution in [0.4, 0.5) is 115 Å². The summed E-state index contributed by atoms with van der Waals surface area (Å²) >= 11 is 0. The molecule has 2 amide bonds. The lowest BCUT2D eigenvalue weighted by atomic mass is 9.72. The monoisotopic (exact) mass is 874 g/mol. The molecule has 0 fully saturated rings. The Kier molecular flexibility index (Phi) is 14.8. The van der Waals surface area contributed by atoms with Crippen LogP contribution in [0.5, 0.6) is 0 Å². The molecule has 4 N–H and O–H groups in total. The van der Waals surface area contributed by atoms with Crippen molar-refractivity contribution in [2.24, 2.45) is 11.3 Å². The van der Waals surface area contributed by atoms with E-state index in [1.54, 1.807) is 0 Å². The van der Waals surface area contributed by atoms with Crippen molar-refractivity contribution >= 4 is 12.2 Å². The molecule has 0 heterocycles. The van der Waals surface area contributed by atoms with Gasteiger partial charge in [0, 0.05) is 24.9 Å². The van der Waals surface area contributed by atoms with Gasteiger partial charge in [0.15, 0.2) is 0 Å². The molecular formula is C25H26F24N2O4. The fraction of sp³-hybridized carbons (Fsp3) is 0.920. The van der Waals surface area contributed by atoms with Crippen molar-refractivity contribution in [3.63, 3.8) is 0 Å². The van der Waals surface area contributed by atoms with Crippen molar-refractivity contribution in [2.45, 2.75) is 131 Å². The maximum absolute atomic E-state index is 14.7. The number of hydrogen-bond acceptors (Lipinski definition) is 2.